The fourth-order valence-corrected chi connectivity index (χ4v) is 2.36. The Morgan fingerprint density at radius 3 is 2.57 bits per heavy atom. The van der Waals surface area contributed by atoms with Gasteiger partial charge in [-0.3, -0.25) is 0 Å². The molecule has 0 bridgehead atoms. The van der Waals surface area contributed by atoms with Crippen molar-refractivity contribution in [2.45, 2.75) is 6.92 Å². The fourth-order valence-electron chi connectivity index (χ4n) is 2.36. The zero-order valence-corrected chi connectivity index (χ0v) is 12.3. The smallest absolute Gasteiger partial charge is 0.160 e. The third kappa shape index (κ3) is 2.16. The van der Waals surface area contributed by atoms with Crippen molar-refractivity contribution in [3.63, 3.8) is 0 Å². The SMILES string of the molecule is COc1ccc(OC)c(-c2cn3c(C)ccc(N)c3n2)c1. The third-order valence-electron chi connectivity index (χ3n) is 3.53. The Hall–Kier alpha value is -2.69. The number of benzene rings is 1. The molecule has 0 saturated carbocycles. The predicted octanol–water partition coefficient (Wildman–Crippen LogP) is 2.91. The highest BCUT2D eigenvalue weighted by atomic mass is 16.5. The van der Waals surface area contributed by atoms with E-state index in [9.17, 15) is 0 Å². The van der Waals surface area contributed by atoms with E-state index in [-0.39, 0.29) is 0 Å². The summed E-state index contributed by atoms with van der Waals surface area (Å²) in [5.74, 6) is 1.50. The molecule has 0 saturated heterocycles. The van der Waals surface area contributed by atoms with Crippen LogP contribution in [0.2, 0.25) is 0 Å². The molecule has 5 nitrogen and oxygen atoms in total. The van der Waals surface area contributed by atoms with Crippen LogP contribution < -0.4 is 15.2 Å². The number of nitrogens with zero attached hydrogens (tertiary/aromatic N) is 2. The second-order valence-corrected chi connectivity index (χ2v) is 4.82. The van der Waals surface area contributed by atoms with E-state index < -0.39 is 0 Å². The van der Waals surface area contributed by atoms with Gasteiger partial charge in [-0.1, -0.05) is 0 Å². The first-order chi connectivity index (χ1) is 10.1. The lowest BCUT2D eigenvalue weighted by Gasteiger charge is -2.08. The molecule has 108 valence electrons. The third-order valence-corrected chi connectivity index (χ3v) is 3.53. The summed E-state index contributed by atoms with van der Waals surface area (Å²) < 4.78 is 12.7. The lowest BCUT2D eigenvalue weighted by atomic mass is 10.1. The lowest BCUT2D eigenvalue weighted by Crippen LogP contribution is -1.94. The Labute approximate surface area is 122 Å². The summed E-state index contributed by atoms with van der Waals surface area (Å²) >= 11 is 0. The van der Waals surface area contributed by atoms with E-state index in [1.165, 1.54) is 0 Å². The van der Waals surface area contributed by atoms with Crippen LogP contribution in [0.4, 0.5) is 5.69 Å². The van der Waals surface area contributed by atoms with Crippen molar-refractivity contribution in [3.8, 4) is 22.8 Å². The number of fused-ring (bicyclic) bond motifs is 1. The number of anilines is 1. The quantitative estimate of drug-likeness (QED) is 0.803. The minimum atomic E-state index is 0.647. The Morgan fingerprint density at radius 1 is 1.10 bits per heavy atom. The minimum Gasteiger partial charge on any atom is -0.497 e. The molecule has 0 radical (unpaired) electrons. The molecule has 1 aromatic carbocycles. The van der Waals surface area contributed by atoms with E-state index in [2.05, 4.69) is 4.98 Å². The van der Waals surface area contributed by atoms with Crippen LogP contribution in [0.1, 0.15) is 5.69 Å². The molecule has 0 aliphatic carbocycles. The standard InChI is InChI=1S/C16H17N3O2/c1-10-4-6-13(17)16-18-14(9-19(10)16)12-8-11(20-2)5-7-15(12)21-3/h4-9H,17H2,1-3H3. The van der Waals surface area contributed by atoms with E-state index in [0.29, 0.717) is 5.69 Å². The van der Waals surface area contributed by atoms with Crippen LogP contribution in [0.5, 0.6) is 11.5 Å². The summed E-state index contributed by atoms with van der Waals surface area (Å²) in [6, 6.07) is 9.47. The maximum Gasteiger partial charge on any atom is 0.160 e. The topological polar surface area (TPSA) is 61.8 Å². The highest BCUT2D eigenvalue weighted by molar-refractivity contribution is 5.75. The van der Waals surface area contributed by atoms with Gasteiger partial charge in [0, 0.05) is 17.5 Å². The first-order valence-electron chi connectivity index (χ1n) is 6.60. The second kappa shape index (κ2) is 5.01. The van der Waals surface area contributed by atoms with Gasteiger partial charge in [0.1, 0.15) is 11.5 Å². The molecule has 3 rings (SSSR count). The Kier molecular flexibility index (Phi) is 3.17. The fraction of sp³-hybridized carbons (Fsp3) is 0.188. The monoisotopic (exact) mass is 283 g/mol. The van der Waals surface area contributed by atoms with E-state index in [1.807, 2.05) is 47.9 Å². The van der Waals surface area contributed by atoms with Crippen LogP contribution in [0.3, 0.4) is 0 Å². The predicted molar refractivity (Wildman–Crippen MR) is 82.9 cm³/mol. The van der Waals surface area contributed by atoms with Gasteiger partial charge < -0.3 is 19.6 Å². The summed E-state index contributed by atoms with van der Waals surface area (Å²) in [5.41, 5.74) is 10.1. The van der Waals surface area contributed by atoms with Gasteiger partial charge in [0.25, 0.3) is 0 Å². The van der Waals surface area contributed by atoms with Crippen molar-refractivity contribution in [3.05, 3.63) is 42.2 Å². The minimum absolute atomic E-state index is 0.647. The van der Waals surface area contributed by atoms with Gasteiger partial charge in [-0.25, -0.2) is 4.98 Å². The number of hydrogen-bond acceptors (Lipinski definition) is 4. The molecule has 2 heterocycles. The average molecular weight is 283 g/mol. The van der Waals surface area contributed by atoms with Crippen molar-refractivity contribution >= 4 is 11.3 Å². The summed E-state index contributed by atoms with van der Waals surface area (Å²) in [7, 11) is 3.28. The van der Waals surface area contributed by atoms with Gasteiger partial charge in [-0.2, -0.15) is 0 Å². The van der Waals surface area contributed by atoms with Crippen molar-refractivity contribution < 1.29 is 9.47 Å². The average Bonchev–Trinajstić information content (AvgIpc) is 2.96. The van der Waals surface area contributed by atoms with Crippen LogP contribution >= 0.6 is 0 Å². The van der Waals surface area contributed by atoms with Crippen LogP contribution in [-0.2, 0) is 0 Å². The molecule has 0 amide bonds. The number of methoxy groups -OCH3 is 2. The molecule has 0 fully saturated rings. The first kappa shape index (κ1) is 13.3. The number of hydrogen-bond donors (Lipinski definition) is 1. The molecule has 3 aromatic rings. The molecule has 21 heavy (non-hydrogen) atoms. The summed E-state index contributed by atoms with van der Waals surface area (Å²) in [5, 5.41) is 0. The largest absolute Gasteiger partial charge is 0.497 e. The zero-order valence-electron chi connectivity index (χ0n) is 12.3. The zero-order chi connectivity index (χ0) is 15.0. The van der Waals surface area contributed by atoms with Crippen LogP contribution in [-0.4, -0.2) is 23.6 Å². The molecular weight excluding hydrogens is 266 g/mol. The van der Waals surface area contributed by atoms with Crippen LogP contribution in [0.15, 0.2) is 36.5 Å². The lowest BCUT2D eigenvalue weighted by molar-refractivity contribution is 0.404. The van der Waals surface area contributed by atoms with Crippen molar-refractivity contribution in [1.29, 1.82) is 0 Å². The molecule has 0 aliphatic rings. The van der Waals surface area contributed by atoms with E-state index in [1.54, 1.807) is 14.2 Å². The molecule has 5 heteroatoms. The Morgan fingerprint density at radius 2 is 1.90 bits per heavy atom. The van der Waals surface area contributed by atoms with E-state index >= 15 is 0 Å². The number of aromatic nitrogens is 2. The second-order valence-electron chi connectivity index (χ2n) is 4.82. The molecule has 0 unspecified atom stereocenters. The van der Waals surface area contributed by atoms with Crippen molar-refractivity contribution in [1.82, 2.24) is 9.38 Å². The normalized spacial score (nSPS) is 10.8. The molecular formula is C16H17N3O2. The maximum absolute atomic E-state index is 6.00. The number of pyridine rings is 1. The van der Waals surface area contributed by atoms with Gasteiger partial charge in [0.2, 0.25) is 0 Å². The molecule has 2 aromatic heterocycles. The number of nitrogens with two attached hydrogens (primary N) is 1. The molecule has 0 atom stereocenters. The Bertz CT molecular complexity index is 770. The van der Waals surface area contributed by atoms with Gasteiger partial charge in [0.05, 0.1) is 25.6 Å². The highest BCUT2D eigenvalue weighted by Crippen LogP contribution is 2.33. The number of imidazole rings is 1. The maximum atomic E-state index is 6.00. The number of nitrogen functional groups attached to an aromatic ring is 1. The summed E-state index contributed by atoms with van der Waals surface area (Å²) in [6.45, 7) is 2.01. The number of ether oxygens (including phenoxy) is 2. The number of aryl methyl sites for hydroxylation is 1. The van der Waals surface area contributed by atoms with Gasteiger partial charge in [-0.15, -0.1) is 0 Å². The van der Waals surface area contributed by atoms with Crippen LogP contribution in [0.25, 0.3) is 16.9 Å². The number of rotatable bonds is 3. The van der Waals surface area contributed by atoms with Crippen molar-refractivity contribution in [2.24, 2.45) is 0 Å². The van der Waals surface area contributed by atoms with E-state index in [4.69, 9.17) is 15.2 Å². The van der Waals surface area contributed by atoms with Crippen molar-refractivity contribution in [2.75, 3.05) is 20.0 Å². The Balaban J connectivity index is 2.25. The van der Waals surface area contributed by atoms with E-state index in [0.717, 1.165) is 34.1 Å². The molecule has 0 aliphatic heterocycles. The van der Waals surface area contributed by atoms with Gasteiger partial charge in [0.15, 0.2) is 5.65 Å². The van der Waals surface area contributed by atoms with Gasteiger partial charge >= 0.3 is 0 Å². The first-order valence-corrected chi connectivity index (χ1v) is 6.60. The highest BCUT2D eigenvalue weighted by Gasteiger charge is 2.13. The van der Waals surface area contributed by atoms with Crippen LogP contribution in [0, 0.1) is 6.92 Å². The molecule has 2 N–H and O–H groups in total. The van der Waals surface area contributed by atoms with Gasteiger partial charge in [-0.05, 0) is 37.3 Å². The summed E-state index contributed by atoms with van der Waals surface area (Å²) in [4.78, 5) is 4.63. The molecule has 0 spiro atoms. The summed E-state index contributed by atoms with van der Waals surface area (Å²) in [6.07, 6.45) is 1.96.